The largest absolute Gasteiger partial charge is 0.294 e. The van der Waals surface area contributed by atoms with Gasteiger partial charge in [-0.15, -0.1) is 0 Å². The molecule has 0 fully saturated rings. The molecule has 0 saturated heterocycles. The van der Waals surface area contributed by atoms with Crippen LogP contribution in [0.5, 0.6) is 0 Å². The Labute approximate surface area is 114 Å². The first kappa shape index (κ1) is 15.8. The number of hydrogen-bond donors (Lipinski definition) is 0. The molecule has 0 aliphatic carbocycles. The number of unbranched alkanes of at least 4 members (excludes halogenated alkanes) is 5. The van der Waals surface area contributed by atoms with Crippen molar-refractivity contribution in [1.82, 2.24) is 0 Å². The van der Waals surface area contributed by atoms with Gasteiger partial charge in [-0.05, 0) is 25.0 Å². The van der Waals surface area contributed by atoms with Crippen LogP contribution >= 0.6 is 0 Å². The van der Waals surface area contributed by atoms with Gasteiger partial charge < -0.3 is 0 Å². The highest BCUT2D eigenvalue weighted by molar-refractivity contribution is 5.96. The molecule has 0 amide bonds. The van der Waals surface area contributed by atoms with Crippen LogP contribution in [0.2, 0.25) is 0 Å². The molecular formula is C16H22F2O. The zero-order valence-electron chi connectivity index (χ0n) is 11.8. The number of carbonyl (C=O) groups is 1. The Morgan fingerprint density at radius 2 is 1.63 bits per heavy atom. The summed E-state index contributed by atoms with van der Waals surface area (Å²) >= 11 is 0. The molecule has 0 spiro atoms. The predicted molar refractivity (Wildman–Crippen MR) is 73.4 cm³/mol. The smallest absolute Gasteiger partial charge is 0.169 e. The van der Waals surface area contributed by atoms with E-state index in [4.69, 9.17) is 0 Å². The number of ketones is 1. The summed E-state index contributed by atoms with van der Waals surface area (Å²) in [6, 6.07) is 2.83. The van der Waals surface area contributed by atoms with Crippen molar-refractivity contribution in [2.24, 2.45) is 0 Å². The van der Waals surface area contributed by atoms with Crippen molar-refractivity contribution in [3.63, 3.8) is 0 Å². The van der Waals surface area contributed by atoms with Crippen LogP contribution in [-0.4, -0.2) is 5.78 Å². The van der Waals surface area contributed by atoms with Gasteiger partial charge in [0.2, 0.25) is 0 Å². The Morgan fingerprint density at radius 3 is 2.32 bits per heavy atom. The molecule has 0 N–H and O–H groups in total. The summed E-state index contributed by atoms with van der Waals surface area (Å²) in [7, 11) is 0. The van der Waals surface area contributed by atoms with Gasteiger partial charge in [0, 0.05) is 6.42 Å². The van der Waals surface area contributed by atoms with Crippen LogP contribution in [0.15, 0.2) is 12.1 Å². The van der Waals surface area contributed by atoms with Gasteiger partial charge in [-0.1, -0.05) is 45.1 Å². The van der Waals surface area contributed by atoms with Gasteiger partial charge in [-0.25, -0.2) is 8.78 Å². The maximum atomic E-state index is 13.6. The number of carbonyl (C=O) groups excluding carboxylic acids is 1. The average molecular weight is 268 g/mol. The summed E-state index contributed by atoms with van der Waals surface area (Å²) in [5, 5.41) is 0. The standard InChI is InChI=1S/C16H22F2O/c1-3-4-5-6-7-8-9-14(19)13-11-10-12(2)15(17)16(13)18/h10-11H,3-9H2,1-2H3. The van der Waals surface area contributed by atoms with Crippen molar-refractivity contribution in [3.8, 4) is 0 Å². The highest BCUT2D eigenvalue weighted by Crippen LogP contribution is 2.18. The van der Waals surface area contributed by atoms with Crippen LogP contribution < -0.4 is 0 Å². The minimum atomic E-state index is -1.00. The van der Waals surface area contributed by atoms with Crippen molar-refractivity contribution in [2.45, 2.75) is 58.8 Å². The molecule has 1 rings (SSSR count). The van der Waals surface area contributed by atoms with E-state index >= 15 is 0 Å². The van der Waals surface area contributed by atoms with E-state index in [1.54, 1.807) is 0 Å². The molecule has 1 aromatic rings. The molecule has 1 nitrogen and oxygen atoms in total. The van der Waals surface area contributed by atoms with Crippen molar-refractivity contribution in [3.05, 3.63) is 34.9 Å². The van der Waals surface area contributed by atoms with E-state index in [-0.39, 0.29) is 16.9 Å². The van der Waals surface area contributed by atoms with Crippen LogP contribution in [0, 0.1) is 18.6 Å². The number of Topliss-reactive ketones (excluding diaryl/α,β-unsaturated/α-hetero) is 1. The first-order valence-corrected chi connectivity index (χ1v) is 7.05. The lowest BCUT2D eigenvalue weighted by atomic mass is 10.0. The Morgan fingerprint density at radius 1 is 1.00 bits per heavy atom. The molecule has 0 heterocycles. The Bertz CT molecular complexity index is 427. The summed E-state index contributed by atoms with van der Waals surface area (Å²) in [5.74, 6) is -2.21. The summed E-state index contributed by atoms with van der Waals surface area (Å²) in [6.07, 6.45) is 6.70. The third kappa shape index (κ3) is 4.73. The molecule has 1 aromatic carbocycles. The fraction of sp³-hybridized carbons (Fsp3) is 0.562. The summed E-state index contributed by atoms with van der Waals surface area (Å²) in [6.45, 7) is 3.64. The SMILES string of the molecule is CCCCCCCCC(=O)c1ccc(C)c(F)c1F. The number of aryl methyl sites for hydroxylation is 1. The Balaban J connectivity index is 2.44. The van der Waals surface area contributed by atoms with E-state index in [9.17, 15) is 13.6 Å². The number of rotatable bonds is 8. The first-order chi connectivity index (χ1) is 9.07. The molecule has 0 aliphatic heterocycles. The van der Waals surface area contributed by atoms with E-state index in [0.29, 0.717) is 6.42 Å². The zero-order valence-corrected chi connectivity index (χ0v) is 11.8. The van der Waals surface area contributed by atoms with Crippen molar-refractivity contribution in [1.29, 1.82) is 0 Å². The Kier molecular flexibility index (Phi) is 6.68. The normalized spacial score (nSPS) is 10.7. The quantitative estimate of drug-likeness (QED) is 0.467. The average Bonchev–Trinajstić information content (AvgIpc) is 2.40. The van der Waals surface area contributed by atoms with E-state index in [1.165, 1.54) is 38.3 Å². The lowest BCUT2D eigenvalue weighted by molar-refractivity contribution is 0.0974. The van der Waals surface area contributed by atoms with E-state index in [0.717, 1.165) is 19.3 Å². The molecule has 0 aromatic heterocycles. The number of benzene rings is 1. The third-order valence-corrected chi connectivity index (χ3v) is 3.33. The van der Waals surface area contributed by atoms with Crippen LogP contribution in [0.1, 0.15) is 67.8 Å². The number of halogens is 2. The second-order valence-corrected chi connectivity index (χ2v) is 5.00. The zero-order chi connectivity index (χ0) is 14.3. The molecule has 3 heteroatoms. The summed E-state index contributed by atoms with van der Waals surface area (Å²) in [4.78, 5) is 11.8. The highest BCUT2D eigenvalue weighted by atomic mass is 19.2. The van der Waals surface area contributed by atoms with Crippen molar-refractivity contribution >= 4 is 5.78 Å². The van der Waals surface area contributed by atoms with Gasteiger partial charge in [-0.2, -0.15) is 0 Å². The minimum Gasteiger partial charge on any atom is -0.294 e. The van der Waals surface area contributed by atoms with Crippen LogP contribution in [0.25, 0.3) is 0 Å². The fourth-order valence-corrected chi connectivity index (χ4v) is 2.06. The van der Waals surface area contributed by atoms with E-state index < -0.39 is 11.6 Å². The van der Waals surface area contributed by atoms with Crippen LogP contribution in [0.3, 0.4) is 0 Å². The number of hydrogen-bond acceptors (Lipinski definition) is 1. The summed E-state index contributed by atoms with van der Waals surface area (Å²) in [5.41, 5.74) is 0.116. The predicted octanol–water partition coefficient (Wildman–Crippen LogP) is 5.21. The lowest BCUT2D eigenvalue weighted by Gasteiger charge is -2.05. The molecule has 106 valence electrons. The molecule has 0 aliphatic rings. The minimum absolute atomic E-state index is 0.114. The second-order valence-electron chi connectivity index (χ2n) is 5.00. The molecule has 0 atom stereocenters. The van der Waals surface area contributed by atoms with E-state index in [1.807, 2.05) is 0 Å². The van der Waals surface area contributed by atoms with Gasteiger partial charge in [0.05, 0.1) is 5.56 Å². The maximum Gasteiger partial charge on any atom is 0.169 e. The monoisotopic (exact) mass is 268 g/mol. The van der Waals surface area contributed by atoms with Gasteiger partial charge >= 0.3 is 0 Å². The Hall–Kier alpha value is -1.25. The first-order valence-electron chi connectivity index (χ1n) is 7.05. The topological polar surface area (TPSA) is 17.1 Å². The van der Waals surface area contributed by atoms with Crippen molar-refractivity contribution in [2.75, 3.05) is 0 Å². The molecule has 0 bridgehead atoms. The molecule has 19 heavy (non-hydrogen) atoms. The summed E-state index contributed by atoms with van der Waals surface area (Å²) < 4.78 is 26.9. The van der Waals surface area contributed by atoms with Gasteiger partial charge in [-0.3, -0.25) is 4.79 Å². The molecule has 0 saturated carbocycles. The van der Waals surface area contributed by atoms with Gasteiger partial charge in [0.1, 0.15) is 0 Å². The van der Waals surface area contributed by atoms with E-state index in [2.05, 4.69) is 6.92 Å². The molecule has 0 radical (unpaired) electrons. The third-order valence-electron chi connectivity index (χ3n) is 3.33. The lowest BCUT2D eigenvalue weighted by Crippen LogP contribution is -2.05. The van der Waals surface area contributed by atoms with Crippen LogP contribution in [0.4, 0.5) is 8.78 Å². The highest BCUT2D eigenvalue weighted by Gasteiger charge is 2.16. The van der Waals surface area contributed by atoms with Gasteiger partial charge in [0.15, 0.2) is 17.4 Å². The molecular weight excluding hydrogens is 246 g/mol. The van der Waals surface area contributed by atoms with Crippen molar-refractivity contribution < 1.29 is 13.6 Å². The molecule has 0 unspecified atom stereocenters. The van der Waals surface area contributed by atoms with Gasteiger partial charge in [0.25, 0.3) is 0 Å². The fourth-order valence-electron chi connectivity index (χ4n) is 2.06. The maximum absolute atomic E-state index is 13.6. The second kappa shape index (κ2) is 8.03. The van der Waals surface area contributed by atoms with Crippen LogP contribution in [-0.2, 0) is 0 Å².